The second-order valence-corrected chi connectivity index (χ2v) is 8.69. The van der Waals surface area contributed by atoms with E-state index in [0.29, 0.717) is 5.92 Å². The normalized spacial score (nSPS) is 21.0. The van der Waals surface area contributed by atoms with Crippen LogP contribution < -0.4 is 0 Å². The van der Waals surface area contributed by atoms with Gasteiger partial charge in [0, 0.05) is 12.3 Å². The van der Waals surface area contributed by atoms with E-state index in [1.54, 1.807) is 0 Å². The lowest BCUT2D eigenvalue weighted by Crippen LogP contribution is -2.07. The fourth-order valence-corrected chi connectivity index (χ4v) is 5.23. The van der Waals surface area contributed by atoms with E-state index in [9.17, 15) is 0 Å². The highest BCUT2D eigenvalue weighted by molar-refractivity contribution is 5.90. The van der Waals surface area contributed by atoms with E-state index < -0.39 is 6.29 Å². The number of rotatable bonds is 5. The predicted octanol–water partition coefficient (Wildman–Crippen LogP) is 5.71. The van der Waals surface area contributed by atoms with Gasteiger partial charge in [-0.2, -0.15) is 0 Å². The Labute approximate surface area is 172 Å². The molecule has 1 saturated carbocycles. The van der Waals surface area contributed by atoms with Crippen molar-refractivity contribution in [3.8, 4) is 0 Å². The highest BCUT2D eigenvalue weighted by Crippen LogP contribution is 2.44. The summed E-state index contributed by atoms with van der Waals surface area (Å²) in [6, 6.07) is 15.1. The van der Waals surface area contributed by atoms with Gasteiger partial charge >= 0.3 is 0 Å². The molecule has 0 aromatic heterocycles. The van der Waals surface area contributed by atoms with Crippen molar-refractivity contribution < 1.29 is 10.2 Å². The summed E-state index contributed by atoms with van der Waals surface area (Å²) in [5.41, 5.74) is 8.99. The summed E-state index contributed by atoms with van der Waals surface area (Å²) in [6.45, 7) is 0. The molecule has 0 radical (unpaired) electrons. The van der Waals surface area contributed by atoms with E-state index in [4.69, 9.17) is 10.2 Å². The first-order valence-electron chi connectivity index (χ1n) is 10.9. The van der Waals surface area contributed by atoms with Crippen LogP contribution in [0.1, 0.15) is 65.8 Å². The van der Waals surface area contributed by atoms with Crippen molar-refractivity contribution in [2.75, 3.05) is 0 Å². The minimum Gasteiger partial charge on any atom is -0.368 e. The molecule has 1 atom stereocenters. The predicted molar refractivity (Wildman–Crippen MR) is 119 cm³/mol. The van der Waals surface area contributed by atoms with E-state index in [1.807, 2.05) is 12.1 Å². The maximum Gasteiger partial charge on any atom is 0.155 e. The molecule has 0 spiro atoms. The summed E-state index contributed by atoms with van der Waals surface area (Å²) >= 11 is 0. The standard InChI is InChI=1S/C27H28O2/c28-27(29)15-18-5-7-19(8-6-18)21-9-10-22(16-21)23-11-13-26-24(17-23)12-14-25(26)20-3-1-2-4-20/h5-9,11-14,16-17,20,25,27-29H,1-4,10,15H2. The maximum atomic E-state index is 9.12. The van der Waals surface area contributed by atoms with Crippen molar-refractivity contribution >= 4 is 17.2 Å². The molecule has 2 aromatic rings. The zero-order chi connectivity index (χ0) is 19.8. The number of aliphatic hydroxyl groups is 2. The molecule has 0 aliphatic heterocycles. The average Bonchev–Trinajstić information content (AvgIpc) is 3.47. The number of fused-ring (bicyclic) bond motifs is 1. The van der Waals surface area contributed by atoms with E-state index in [0.717, 1.165) is 17.9 Å². The second kappa shape index (κ2) is 7.78. The van der Waals surface area contributed by atoms with Crippen molar-refractivity contribution in [1.82, 2.24) is 0 Å². The first-order chi connectivity index (χ1) is 14.2. The maximum absolute atomic E-state index is 9.12. The molecule has 2 aromatic carbocycles. The van der Waals surface area contributed by atoms with Crippen LogP contribution >= 0.6 is 0 Å². The van der Waals surface area contributed by atoms with E-state index in [1.165, 1.54) is 59.1 Å². The Bertz CT molecular complexity index is 986. The van der Waals surface area contributed by atoms with Gasteiger partial charge in [0.2, 0.25) is 0 Å². The molecule has 0 saturated heterocycles. The fraction of sp³-hybridized carbons (Fsp3) is 0.333. The molecular weight excluding hydrogens is 356 g/mol. The summed E-state index contributed by atoms with van der Waals surface area (Å²) in [5.74, 6) is 1.47. The van der Waals surface area contributed by atoms with Crippen LogP contribution in [0.15, 0.2) is 60.7 Å². The van der Waals surface area contributed by atoms with Gasteiger partial charge in [-0.1, -0.05) is 73.5 Å². The first kappa shape index (κ1) is 18.6. The topological polar surface area (TPSA) is 40.5 Å². The summed E-state index contributed by atoms with van der Waals surface area (Å²) in [7, 11) is 0. The number of allylic oxidation sites excluding steroid dienone is 5. The third-order valence-electron chi connectivity index (χ3n) is 6.78. The third kappa shape index (κ3) is 3.75. The van der Waals surface area contributed by atoms with E-state index in [-0.39, 0.29) is 6.42 Å². The zero-order valence-corrected chi connectivity index (χ0v) is 16.7. The fourth-order valence-electron chi connectivity index (χ4n) is 5.23. The Kier molecular flexibility index (Phi) is 4.99. The van der Waals surface area contributed by atoms with Gasteiger partial charge in [0.05, 0.1) is 0 Å². The summed E-state index contributed by atoms with van der Waals surface area (Å²) < 4.78 is 0. The van der Waals surface area contributed by atoms with Crippen molar-refractivity contribution in [3.05, 3.63) is 88.5 Å². The Balaban J connectivity index is 1.33. The van der Waals surface area contributed by atoms with Crippen LogP contribution in [0.25, 0.3) is 17.2 Å². The van der Waals surface area contributed by atoms with Crippen LogP contribution in [-0.4, -0.2) is 16.5 Å². The van der Waals surface area contributed by atoms with Gasteiger partial charge in [-0.3, -0.25) is 0 Å². The largest absolute Gasteiger partial charge is 0.368 e. The van der Waals surface area contributed by atoms with Crippen LogP contribution in [0.2, 0.25) is 0 Å². The molecule has 0 bridgehead atoms. The van der Waals surface area contributed by atoms with Gasteiger partial charge in [0.1, 0.15) is 0 Å². The lowest BCUT2D eigenvalue weighted by molar-refractivity contribution is -0.0381. The lowest BCUT2D eigenvalue weighted by atomic mass is 9.86. The van der Waals surface area contributed by atoms with Gasteiger partial charge in [-0.25, -0.2) is 0 Å². The molecule has 2 heteroatoms. The molecule has 3 aliphatic rings. The summed E-state index contributed by atoms with van der Waals surface area (Å²) in [5, 5.41) is 18.2. The molecule has 0 amide bonds. The highest BCUT2D eigenvalue weighted by Gasteiger charge is 2.28. The van der Waals surface area contributed by atoms with Gasteiger partial charge in [-0.15, -0.1) is 0 Å². The smallest absolute Gasteiger partial charge is 0.155 e. The van der Waals surface area contributed by atoms with E-state index >= 15 is 0 Å². The molecule has 29 heavy (non-hydrogen) atoms. The van der Waals surface area contributed by atoms with Gasteiger partial charge in [0.15, 0.2) is 6.29 Å². The molecule has 1 unspecified atom stereocenters. The second-order valence-electron chi connectivity index (χ2n) is 8.69. The lowest BCUT2D eigenvalue weighted by Gasteiger charge is -2.18. The van der Waals surface area contributed by atoms with Crippen LogP contribution in [0.5, 0.6) is 0 Å². The Morgan fingerprint density at radius 3 is 2.45 bits per heavy atom. The minimum absolute atomic E-state index is 0.269. The Morgan fingerprint density at radius 1 is 0.931 bits per heavy atom. The average molecular weight is 385 g/mol. The van der Waals surface area contributed by atoms with Crippen LogP contribution in [0.3, 0.4) is 0 Å². The SMILES string of the molecule is OC(O)Cc1ccc(C2=CCC(c3ccc4c(c3)C=CC4C3CCCC3)=C2)cc1. The molecule has 0 heterocycles. The van der Waals surface area contributed by atoms with Crippen LogP contribution in [0.4, 0.5) is 0 Å². The third-order valence-corrected chi connectivity index (χ3v) is 6.78. The Hall–Kier alpha value is -2.42. The first-order valence-corrected chi connectivity index (χ1v) is 10.9. The monoisotopic (exact) mass is 384 g/mol. The highest BCUT2D eigenvalue weighted by atomic mass is 16.5. The van der Waals surface area contributed by atoms with Gasteiger partial charge in [-0.05, 0) is 70.2 Å². The van der Waals surface area contributed by atoms with Crippen molar-refractivity contribution in [3.63, 3.8) is 0 Å². The van der Waals surface area contributed by atoms with Crippen molar-refractivity contribution in [1.29, 1.82) is 0 Å². The molecule has 2 nitrogen and oxygen atoms in total. The van der Waals surface area contributed by atoms with Gasteiger partial charge in [0.25, 0.3) is 0 Å². The molecule has 5 rings (SSSR count). The number of benzene rings is 2. The van der Waals surface area contributed by atoms with Crippen LogP contribution in [-0.2, 0) is 6.42 Å². The molecule has 1 fully saturated rings. The Morgan fingerprint density at radius 2 is 1.69 bits per heavy atom. The van der Waals surface area contributed by atoms with Crippen molar-refractivity contribution in [2.24, 2.45) is 5.92 Å². The molecular formula is C27H28O2. The summed E-state index contributed by atoms with van der Waals surface area (Å²) in [6.07, 6.45) is 14.8. The quantitative estimate of drug-likeness (QED) is 0.648. The number of hydrogen-bond donors (Lipinski definition) is 2. The van der Waals surface area contributed by atoms with Crippen LogP contribution in [0, 0.1) is 5.92 Å². The zero-order valence-electron chi connectivity index (χ0n) is 16.7. The molecule has 148 valence electrons. The minimum atomic E-state index is -1.29. The number of aliphatic hydroxyl groups excluding tert-OH is 1. The van der Waals surface area contributed by atoms with Gasteiger partial charge < -0.3 is 10.2 Å². The van der Waals surface area contributed by atoms with E-state index in [2.05, 4.69) is 54.6 Å². The van der Waals surface area contributed by atoms with Crippen molar-refractivity contribution in [2.45, 2.75) is 50.7 Å². The summed E-state index contributed by atoms with van der Waals surface area (Å²) in [4.78, 5) is 0. The molecule has 3 aliphatic carbocycles. The molecule has 2 N–H and O–H groups in total. The number of hydrogen-bond acceptors (Lipinski definition) is 2.